The maximum absolute atomic E-state index is 6.16. The fourth-order valence-electron chi connectivity index (χ4n) is 1.93. The molecule has 0 aliphatic carbocycles. The molecule has 1 saturated heterocycles. The number of nitrogens with two attached hydrogens (primary N) is 1. The van der Waals surface area contributed by atoms with Crippen molar-refractivity contribution in [3.05, 3.63) is 35.9 Å². The predicted molar refractivity (Wildman–Crippen MR) is 54.3 cm³/mol. The van der Waals surface area contributed by atoms with Crippen LogP contribution in [0.4, 0.5) is 0 Å². The Labute approximate surface area is 79.1 Å². The van der Waals surface area contributed by atoms with Crippen molar-refractivity contribution in [3.8, 4) is 0 Å². The molecule has 0 amide bonds. The van der Waals surface area contributed by atoms with Gasteiger partial charge in [0.15, 0.2) is 0 Å². The van der Waals surface area contributed by atoms with E-state index in [1.807, 2.05) is 6.07 Å². The van der Waals surface area contributed by atoms with Gasteiger partial charge in [-0.3, -0.25) is 0 Å². The maximum atomic E-state index is 6.16. The van der Waals surface area contributed by atoms with Crippen LogP contribution < -0.4 is 11.1 Å². The summed E-state index contributed by atoms with van der Waals surface area (Å²) in [7, 11) is 0. The van der Waals surface area contributed by atoms with Crippen molar-refractivity contribution in [1.29, 1.82) is 0 Å². The van der Waals surface area contributed by atoms with Gasteiger partial charge in [0.1, 0.15) is 0 Å². The first kappa shape index (κ1) is 8.73. The minimum absolute atomic E-state index is 0.205. The number of hydrogen-bond donors (Lipinski definition) is 2. The molecular formula is C11H16N2. The van der Waals surface area contributed by atoms with Crippen LogP contribution in [0.3, 0.4) is 0 Å². The van der Waals surface area contributed by atoms with E-state index in [4.69, 9.17) is 5.73 Å². The summed E-state index contributed by atoms with van der Waals surface area (Å²) < 4.78 is 0. The number of benzene rings is 1. The zero-order chi connectivity index (χ0) is 9.10. The van der Waals surface area contributed by atoms with Crippen LogP contribution in [-0.2, 0) is 0 Å². The molecule has 2 unspecified atom stereocenters. The van der Waals surface area contributed by atoms with E-state index in [9.17, 15) is 0 Å². The van der Waals surface area contributed by atoms with Gasteiger partial charge in [-0.1, -0.05) is 30.3 Å². The number of rotatable bonds is 2. The summed E-state index contributed by atoms with van der Waals surface area (Å²) in [4.78, 5) is 0. The molecule has 0 spiro atoms. The molecule has 1 aliphatic rings. The van der Waals surface area contributed by atoms with Gasteiger partial charge in [-0.05, 0) is 31.0 Å². The van der Waals surface area contributed by atoms with Crippen LogP contribution in [0.1, 0.15) is 18.0 Å². The second-order valence-electron chi connectivity index (χ2n) is 3.69. The second kappa shape index (κ2) is 3.90. The van der Waals surface area contributed by atoms with Crippen molar-refractivity contribution in [2.75, 3.05) is 13.1 Å². The lowest BCUT2D eigenvalue weighted by Crippen LogP contribution is -2.23. The lowest BCUT2D eigenvalue weighted by atomic mass is 9.93. The Hall–Kier alpha value is -0.860. The highest BCUT2D eigenvalue weighted by Crippen LogP contribution is 2.23. The smallest absolute Gasteiger partial charge is 0.0336 e. The van der Waals surface area contributed by atoms with Crippen LogP contribution in [0.25, 0.3) is 0 Å². The van der Waals surface area contributed by atoms with E-state index >= 15 is 0 Å². The molecule has 0 aromatic heterocycles. The minimum Gasteiger partial charge on any atom is -0.324 e. The first-order chi connectivity index (χ1) is 6.38. The molecule has 1 aromatic rings. The topological polar surface area (TPSA) is 38.0 Å². The van der Waals surface area contributed by atoms with Gasteiger partial charge in [0.25, 0.3) is 0 Å². The van der Waals surface area contributed by atoms with Crippen LogP contribution >= 0.6 is 0 Å². The molecule has 0 saturated carbocycles. The molecule has 0 bridgehead atoms. The Morgan fingerprint density at radius 2 is 2.08 bits per heavy atom. The van der Waals surface area contributed by atoms with E-state index in [1.54, 1.807) is 0 Å². The monoisotopic (exact) mass is 176 g/mol. The molecule has 1 aromatic carbocycles. The molecule has 70 valence electrons. The Kier molecular flexibility index (Phi) is 2.62. The third-order valence-corrected chi connectivity index (χ3v) is 2.79. The largest absolute Gasteiger partial charge is 0.324 e. The van der Waals surface area contributed by atoms with Crippen molar-refractivity contribution < 1.29 is 0 Å². The van der Waals surface area contributed by atoms with Gasteiger partial charge in [0, 0.05) is 6.04 Å². The van der Waals surface area contributed by atoms with Gasteiger partial charge in [-0.15, -0.1) is 0 Å². The fraction of sp³-hybridized carbons (Fsp3) is 0.455. The van der Waals surface area contributed by atoms with Crippen LogP contribution in [0.2, 0.25) is 0 Å². The Bertz CT molecular complexity index is 252. The lowest BCUT2D eigenvalue weighted by molar-refractivity contribution is 0.470. The lowest BCUT2D eigenvalue weighted by Gasteiger charge is -2.18. The maximum Gasteiger partial charge on any atom is 0.0336 e. The van der Waals surface area contributed by atoms with Gasteiger partial charge in [0.05, 0.1) is 0 Å². The van der Waals surface area contributed by atoms with Gasteiger partial charge < -0.3 is 11.1 Å². The van der Waals surface area contributed by atoms with Crippen molar-refractivity contribution in [1.82, 2.24) is 5.32 Å². The molecule has 2 nitrogen and oxygen atoms in total. The fourth-order valence-corrected chi connectivity index (χ4v) is 1.93. The summed E-state index contributed by atoms with van der Waals surface area (Å²) in [5.41, 5.74) is 7.42. The molecule has 0 radical (unpaired) electrons. The van der Waals surface area contributed by atoms with Crippen LogP contribution in [0, 0.1) is 5.92 Å². The zero-order valence-electron chi connectivity index (χ0n) is 7.74. The third-order valence-electron chi connectivity index (χ3n) is 2.79. The highest BCUT2D eigenvalue weighted by atomic mass is 14.9. The van der Waals surface area contributed by atoms with Gasteiger partial charge >= 0.3 is 0 Å². The van der Waals surface area contributed by atoms with Crippen molar-refractivity contribution in [2.45, 2.75) is 12.5 Å². The summed E-state index contributed by atoms with van der Waals surface area (Å²) in [5, 5.41) is 3.34. The average Bonchev–Trinajstić information content (AvgIpc) is 2.71. The van der Waals surface area contributed by atoms with E-state index in [0.717, 1.165) is 13.1 Å². The second-order valence-corrected chi connectivity index (χ2v) is 3.69. The Morgan fingerprint density at radius 1 is 1.31 bits per heavy atom. The molecule has 13 heavy (non-hydrogen) atoms. The summed E-state index contributed by atoms with van der Waals surface area (Å²) in [6, 6.07) is 10.6. The molecule has 3 N–H and O–H groups in total. The molecule has 1 heterocycles. The van der Waals surface area contributed by atoms with Crippen molar-refractivity contribution >= 4 is 0 Å². The van der Waals surface area contributed by atoms with E-state index in [-0.39, 0.29) is 6.04 Å². The molecular weight excluding hydrogens is 160 g/mol. The van der Waals surface area contributed by atoms with Crippen molar-refractivity contribution in [3.63, 3.8) is 0 Å². The van der Waals surface area contributed by atoms with Crippen LogP contribution in [-0.4, -0.2) is 13.1 Å². The zero-order valence-corrected chi connectivity index (χ0v) is 7.74. The van der Waals surface area contributed by atoms with Crippen molar-refractivity contribution in [2.24, 2.45) is 11.7 Å². The first-order valence-electron chi connectivity index (χ1n) is 4.89. The van der Waals surface area contributed by atoms with Crippen LogP contribution in [0.15, 0.2) is 30.3 Å². The highest BCUT2D eigenvalue weighted by Gasteiger charge is 2.22. The molecule has 2 atom stereocenters. The summed E-state index contributed by atoms with van der Waals surface area (Å²) >= 11 is 0. The van der Waals surface area contributed by atoms with Crippen LogP contribution in [0.5, 0.6) is 0 Å². The molecule has 1 aliphatic heterocycles. The molecule has 1 fully saturated rings. The van der Waals surface area contributed by atoms with E-state index in [2.05, 4.69) is 29.6 Å². The molecule has 2 rings (SSSR count). The van der Waals surface area contributed by atoms with E-state index < -0.39 is 0 Å². The van der Waals surface area contributed by atoms with E-state index in [1.165, 1.54) is 12.0 Å². The Balaban J connectivity index is 2.08. The Morgan fingerprint density at radius 3 is 2.69 bits per heavy atom. The first-order valence-corrected chi connectivity index (χ1v) is 4.89. The predicted octanol–water partition coefficient (Wildman–Crippen LogP) is 1.30. The van der Waals surface area contributed by atoms with Gasteiger partial charge in [-0.25, -0.2) is 0 Å². The van der Waals surface area contributed by atoms with E-state index in [0.29, 0.717) is 5.92 Å². The molecule has 2 heteroatoms. The average molecular weight is 176 g/mol. The van der Waals surface area contributed by atoms with Gasteiger partial charge in [-0.2, -0.15) is 0 Å². The summed E-state index contributed by atoms with van der Waals surface area (Å²) in [6.07, 6.45) is 1.20. The third kappa shape index (κ3) is 1.90. The standard InChI is InChI=1S/C11H16N2/c12-11(10-6-7-13-8-10)9-4-2-1-3-5-9/h1-5,10-11,13H,6-8,12H2. The summed E-state index contributed by atoms with van der Waals surface area (Å²) in [5.74, 6) is 0.613. The quantitative estimate of drug-likeness (QED) is 0.712. The minimum atomic E-state index is 0.205. The SMILES string of the molecule is NC(c1ccccc1)C1CCNC1. The summed E-state index contributed by atoms with van der Waals surface area (Å²) in [6.45, 7) is 2.18. The van der Waals surface area contributed by atoms with Gasteiger partial charge in [0.2, 0.25) is 0 Å². The normalized spacial score (nSPS) is 24.5. The number of nitrogens with one attached hydrogen (secondary N) is 1. The number of hydrogen-bond acceptors (Lipinski definition) is 2. The highest BCUT2D eigenvalue weighted by molar-refractivity contribution is 5.19.